The van der Waals surface area contributed by atoms with Gasteiger partial charge >= 0.3 is 0 Å². The number of likely N-dealkylation sites (tertiary alicyclic amines) is 1. The Morgan fingerprint density at radius 1 is 1.06 bits per heavy atom. The third-order valence-electron chi connectivity index (χ3n) is 4.50. The molecule has 0 aromatic rings. The molecule has 0 spiro atoms. The van der Waals surface area contributed by atoms with Gasteiger partial charge in [-0.15, -0.1) is 0 Å². The molecule has 3 nitrogen and oxygen atoms in total. The molecule has 2 fully saturated rings. The lowest BCUT2D eigenvalue weighted by Crippen LogP contribution is -2.46. The molecule has 2 aliphatic rings. The summed E-state index contributed by atoms with van der Waals surface area (Å²) < 4.78 is 0. The van der Waals surface area contributed by atoms with Crippen molar-refractivity contribution in [2.24, 2.45) is 5.92 Å². The van der Waals surface area contributed by atoms with E-state index < -0.39 is 0 Å². The summed E-state index contributed by atoms with van der Waals surface area (Å²) in [6.45, 7) is 5.13. The molecule has 1 heterocycles. The fourth-order valence-corrected chi connectivity index (χ4v) is 3.38. The Morgan fingerprint density at radius 3 is 2.22 bits per heavy atom. The van der Waals surface area contributed by atoms with E-state index in [1.807, 2.05) is 0 Å². The maximum atomic E-state index is 12.5. The number of carbonyl (C=O) groups is 1. The first-order valence-corrected chi connectivity index (χ1v) is 7.83. The van der Waals surface area contributed by atoms with E-state index in [1.165, 1.54) is 25.7 Å². The van der Waals surface area contributed by atoms with Crippen LogP contribution in [0.4, 0.5) is 0 Å². The molecule has 0 bridgehead atoms. The number of hydrogen-bond acceptors (Lipinski definition) is 2. The van der Waals surface area contributed by atoms with Gasteiger partial charge in [-0.25, -0.2) is 0 Å². The van der Waals surface area contributed by atoms with E-state index in [1.54, 1.807) is 0 Å². The number of nitrogens with zero attached hydrogens (tertiary/aromatic N) is 1. The summed E-state index contributed by atoms with van der Waals surface area (Å²) in [5.41, 5.74) is 0. The Hall–Kier alpha value is -0.570. The normalized spacial score (nSPS) is 23.9. The van der Waals surface area contributed by atoms with Gasteiger partial charge in [0, 0.05) is 25.0 Å². The van der Waals surface area contributed by atoms with E-state index >= 15 is 0 Å². The molecule has 3 heteroatoms. The van der Waals surface area contributed by atoms with E-state index in [-0.39, 0.29) is 0 Å². The first-order chi connectivity index (χ1) is 8.81. The molecule has 2 rings (SSSR count). The zero-order valence-electron chi connectivity index (χ0n) is 11.8. The highest BCUT2D eigenvalue weighted by molar-refractivity contribution is 5.79. The summed E-state index contributed by atoms with van der Waals surface area (Å²) in [7, 11) is 0. The van der Waals surface area contributed by atoms with E-state index in [9.17, 15) is 4.79 Å². The van der Waals surface area contributed by atoms with Crippen LogP contribution < -0.4 is 5.32 Å². The van der Waals surface area contributed by atoms with Crippen molar-refractivity contribution in [3.8, 4) is 0 Å². The smallest absolute Gasteiger partial charge is 0.225 e. The first-order valence-electron chi connectivity index (χ1n) is 7.83. The molecule has 1 saturated heterocycles. The van der Waals surface area contributed by atoms with Gasteiger partial charge in [0.15, 0.2) is 0 Å². The molecule has 0 aromatic carbocycles. The fourth-order valence-electron chi connectivity index (χ4n) is 3.38. The molecule has 1 N–H and O–H groups in total. The summed E-state index contributed by atoms with van der Waals surface area (Å²) in [5, 5.41) is 3.50. The van der Waals surface area contributed by atoms with Crippen LogP contribution in [0.5, 0.6) is 0 Å². The highest BCUT2D eigenvalue weighted by atomic mass is 16.2. The van der Waals surface area contributed by atoms with Crippen LogP contribution >= 0.6 is 0 Å². The second kappa shape index (κ2) is 7.13. The molecule has 0 aromatic heterocycles. The van der Waals surface area contributed by atoms with Crippen LogP contribution in [0.15, 0.2) is 0 Å². The van der Waals surface area contributed by atoms with Crippen molar-refractivity contribution in [2.75, 3.05) is 19.6 Å². The van der Waals surface area contributed by atoms with Gasteiger partial charge < -0.3 is 10.2 Å². The van der Waals surface area contributed by atoms with Crippen LogP contribution in [0.2, 0.25) is 0 Å². The molecular formula is C15H28N2O. The minimum absolute atomic E-state index is 0.336. The van der Waals surface area contributed by atoms with Crippen molar-refractivity contribution >= 4 is 5.91 Å². The van der Waals surface area contributed by atoms with Crippen molar-refractivity contribution in [3.63, 3.8) is 0 Å². The number of rotatable bonds is 3. The lowest BCUT2D eigenvalue weighted by atomic mass is 9.96. The Labute approximate surface area is 111 Å². The zero-order valence-corrected chi connectivity index (χ0v) is 11.8. The molecule has 1 aliphatic heterocycles. The number of carbonyl (C=O) groups excluding carboxylic acids is 1. The Bertz CT molecular complexity index is 251. The lowest BCUT2D eigenvalue weighted by Gasteiger charge is -2.34. The first kappa shape index (κ1) is 13.9. The van der Waals surface area contributed by atoms with Gasteiger partial charge in [0.05, 0.1) is 0 Å². The lowest BCUT2D eigenvalue weighted by molar-refractivity contribution is -0.137. The van der Waals surface area contributed by atoms with Crippen molar-refractivity contribution in [1.82, 2.24) is 10.2 Å². The maximum absolute atomic E-state index is 12.5. The Morgan fingerprint density at radius 2 is 1.67 bits per heavy atom. The average molecular weight is 252 g/mol. The standard InChI is InChI=1S/C15H28N2O/c1-2-16-14-9-11-17(12-10-14)15(18)13-7-5-3-4-6-8-13/h13-14,16H,2-12H2,1H3. The van der Waals surface area contributed by atoms with Gasteiger partial charge in [-0.2, -0.15) is 0 Å². The zero-order chi connectivity index (χ0) is 12.8. The van der Waals surface area contributed by atoms with Gasteiger partial charge in [-0.3, -0.25) is 4.79 Å². The van der Waals surface area contributed by atoms with Crippen molar-refractivity contribution in [3.05, 3.63) is 0 Å². The minimum Gasteiger partial charge on any atom is -0.342 e. The Kier molecular flexibility index (Phi) is 5.48. The van der Waals surface area contributed by atoms with E-state index in [0.29, 0.717) is 17.9 Å². The van der Waals surface area contributed by atoms with E-state index in [0.717, 1.165) is 45.3 Å². The molecule has 0 unspecified atom stereocenters. The van der Waals surface area contributed by atoms with Crippen LogP contribution in [0, 0.1) is 5.92 Å². The highest BCUT2D eigenvalue weighted by Crippen LogP contribution is 2.25. The molecule has 0 radical (unpaired) electrons. The van der Waals surface area contributed by atoms with Crippen molar-refractivity contribution in [1.29, 1.82) is 0 Å². The molecule has 1 aliphatic carbocycles. The van der Waals surface area contributed by atoms with Crippen LogP contribution in [0.1, 0.15) is 58.3 Å². The number of piperidine rings is 1. The van der Waals surface area contributed by atoms with Gasteiger partial charge in [-0.1, -0.05) is 32.6 Å². The SMILES string of the molecule is CCNC1CCN(C(=O)C2CCCCCC2)CC1. The Balaban J connectivity index is 1.79. The van der Waals surface area contributed by atoms with Crippen LogP contribution in [-0.2, 0) is 4.79 Å². The second-order valence-electron chi connectivity index (χ2n) is 5.85. The molecule has 1 saturated carbocycles. The summed E-state index contributed by atoms with van der Waals surface area (Å²) in [6, 6.07) is 0.633. The summed E-state index contributed by atoms with van der Waals surface area (Å²) in [5.74, 6) is 0.787. The van der Waals surface area contributed by atoms with Gasteiger partial charge in [0.1, 0.15) is 0 Å². The van der Waals surface area contributed by atoms with Crippen LogP contribution in [0.25, 0.3) is 0 Å². The van der Waals surface area contributed by atoms with Crippen molar-refractivity contribution < 1.29 is 4.79 Å². The maximum Gasteiger partial charge on any atom is 0.225 e. The molecule has 1 amide bonds. The fraction of sp³-hybridized carbons (Fsp3) is 0.933. The third kappa shape index (κ3) is 3.71. The predicted octanol–water partition coefficient (Wildman–Crippen LogP) is 2.56. The summed E-state index contributed by atoms with van der Waals surface area (Å²) in [6.07, 6.45) is 9.68. The monoisotopic (exact) mass is 252 g/mol. The van der Waals surface area contributed by atoms with E-state index in [4.69, 9.17) is 0 Å². The quantitative estimate of drug-likeness (QED) is 0.783. The van der Waals surface area contributed by atoms with Gasteiger partial charge in [-0.05, 0) is 32.2 Å². The van der Waals surface area contributed by atoms with Gasteiger partial charge in [0.25, 0.3) is 0 Å². The number of hydrogen-bond donors (Lipinski definition) is 1. The summed E-state index contributed by atoms with van der Waals surface area (Å²) >= 11 is 0. The molecular weight excluding hydrogens is 224 g/mol. The third-order valence-corrected chi connectivity index (χ3v) is 4.50. The summed E-state index contributed by atoms with van der Waals surface area (Å²) in [4.78, 5) is 14.6. The minimum atomic E-state index is 0.336. The molecule has 0 atom stereocenters. The average Bonchev–Trinajstić information content (AvgIpc) is 2.68. The van der Waals surface area contributed by atoms with Gasteiger partial charge in [0.2, 0.25) is 5.91 Å². The van der Waals surface area contributed by atoms with Crippen LogP contribution in [0.3, 0.4) is 0 Å². The second-order valence-corrected chi connectivity index (χ2v) is 5.85. The number of amides is 1. The topological polar surface area (TPSA) is 32.3 Å². The number of nitrogens with one attached hydrogen (secondary N) is 1. The van der Waals surface area contributed by atoms with Crippen LogP contribution in [-0.4, -0.2) is 36.5 Å². The molecule has 18 heavy (non-hydrogen) atoms. The highest BCUT2D eigenvalue weighted by Gasteiger charge is 2.28. The molecule has 104 valence electrons. The largest absolute Gasteiger partial charge is 0.342 e. The van der Waals surface area contributed by atoms with Crippen molar-refractivity contribution in [2.45, 2.75) is 64.3 Å². The predicted molar refractivity (Wildman–Crippen MR) is 74.5 cm³/mol. The van der Waals surface area contributed by atoms with E-state index in [2.05, 4.69) is 17.1 Å².